The summed E-state index contributed by atoms with van der Waals surface area (Å²) in [5, 5.41) is 3.05. The molecular weight excluding hydrogens is 340 g/mol. The van der Waals surface area contributed by atoms with Crippen LogP contribution >= 0.6 is 0 Å². The average Bonchev–Trinajstić information content (AvgIpc) is 3.18. The van der Waals surface area contributed by atoms with Gasteiger partial charge in [-0.25, -0.2) is 13.4 Å². The zero-order valence-corrected chi connectivity index (χ0v) is 14.7. The van der Waals surface area contributed by atoms with Crippen molar-refractivity contribution in [2.24, 2.45) is 5.92 Å². The fourth-order valence-corrected chi connectivity index (χ4v) is 4.37. The van der Waals surface area contributed by atoms with E-state index in [0.29, 0.717) is 32.5 Å². The number of hydrogen-bond acceptors (Lipinski definition) is 4. The Labute approximate surface area is 147 Å². The van der Waals surface area contributed by atoms with Crippen LogP contribution in [0.25, 0.3) is 0 Å². The highest BCUT2D eigenvalue weighted by Crippen LogP contribution is 2.22. The molecule has 0 bridgehead atoms. The van der Waals surface area contributed by atoms with Crippen molar-refractivity contribution in [3.05, 3.63) is 48.4 Å². The minimum Gasteiger partial charge on any atom is -0.356 e. The maximum absolute atomic E-state index is 12.4. The van der Waals surface area contributed by atoms with Crippen LogP contribution in [-0.2, 0) is 21.2 Å². The van der Waals surface area contributed by atoms with Gasteiger partial charge in [0.05, 0.1) is 12.5 Å². The van der Waals surface area contributed by atoms with E-state index in [9.17, 15) is 13.2 Å². The van der Waals surface area contributed by atoms with Crippen molar-refractivity contribution in [1.82, 2.24) is 19.6 Å². The number of sulfonamides is 1. The summed E-state index contributed by atoms with van der Waals surface area (Å²) in [5.41, 5.74) is 1.18. The fourth-order valence-electron chi connectivity index (χ4n) is 3.00. The lowest BCUT2D eigenvalue weighted by molar-refractivity contribution is -0.126. The van der Waals surface area contributed by atoms with E-state index in [4.69, 9.17) is 0 Å². The van der Waals surface area contributed by atoms with Gasteiger partial charge in [-0.15, -0.1) is 0 Å². The smallest absolute Gasteiger partial charge is 0.260 e. The first-order valence-corrected chi connectivity index (χ1v) is 9.81. The third kappa shape index (κ3) is 4.26. The van der Waals surface area contributed by atoms with E-state index in [-0.39, 0.29) is 16.9 Å². The lowest BCUT2D eigenvalue weighted by Gasteiger charge is -2.30. The van der Waals surface area contributed by atoms with E-state index in [1.165, 1.54) is 22.4 Å². The van der Waals surface area contributed by atoms with Gasteiger partial charge in [-0.2, -0.15) is 4.31 Å². The Morgan fingerprint density at radius 2 is 1.96 bits per heavy atom. The highest BCUT2D eigenvalue weighted by molar-refractivity contribution is 7.89. The predicted octanol–water partition coefficient (Wildman–Crippen LogP) is 1.17. The Balaban J connectivity index is 1.46. The summed E-state index contributed by atoms with van der Waals surface area (Å²) in [5.74, 6) is -0.126. The van der Waals surface area contributed by atoms with Crippen LogP contribution < -0.4 is 5.32 Å². The number of hydrogen-bond donors (Lipinski definition) is 2. The van der Waals surface area contributed by atoms with Gasteiger partial charge < -0.3 is 10.3 Å². The molecule has 1 saturated heterocycles. The van der Waals surface area contributed by atoms with Crippen LogP contribution in [0.4, 0.5) is 0 Å². The first-order valence-electron chi connectivity index (χ1n) is 8.37. The third-order valence-electron chi connectivity index (χ3n) is 4.47. The number of aromatic amines is 1. The van der Waals surface area contributed by atoms with Gasteiger partial charge in [0.2, 0.25) is 5.91 Å². The molecule has 0 aliphatic carbocycles. The molecule has 1 aliphatic heterocycles. The van der Waals surface area contributed by atoms with E-state index in [1.54, 1.807) is 0 Å². The molecule has 1 aliphatic rings. The number of benzene rings is 1. The second-order valence-corrected chi connectivity index (χ2v) is 8.03. The van der Waals surface area contributed by atoms with Gasteiger partial charge >= 0.3 is 0 Å². The predicted molar refractivity (Wildman–Crippen MR) is 93.2 cm³/mol. The van der Waals surface area contributed by atoms with Crippen LogP contribution in [0.2, 0.25) is 0 Å². The molecule has 0 saturated carbocycles. The Morgan fingerprint density at radius 3 is 2.60 bits per heavy atom. The molecule has 3 rings (SSSR count). The highest BCUT2D eigenvalue weighted by atomic mass is 32.2. The zero-order chi connectivity index (χ0) is 17.7. The summed E-state index contributed by atoms with van der Waals surface area (Å²) in [7, 11) is -3.54. The molecular formula is C17H22N4O3S. The summed E-state index contributed by atoms with van der Waals surface area (Å²) < 4.78 is 26.2. The minimum atomic E-state index is -3.54. The van der Waals surface area contributed by atoms with Crippen molar-refractivity contribution in [2.45, 2.75) is 24.3 Å². The second-order valence-electron chi connectivity index (χ2n) is 6.12. The number of carbonyl (C=O) groups excluding carboxylic acids is 1. The van der Waals surface area contributed by atoms with Crippen LogP contribution in [0, 0.1) is 5.92 Å². The molecule has 0 atom stereocenters. The number of carbonyl (C=O) groups is 1. The molecule has 0 radical (unpaired) electrons. The molecule has 25 heavy (non-hydrogen) atoms. The Morgan fingerprint density at radius 1 is 1.24 bits per heavy atom. The van der Waals surface area contributed by atoms with E-state index in [0.717, 1.165) is 6.42 Å². The van der Waals surface area contributed by atoms with E-state index in [2.05, 4.69) is 15.3 Å². The monoisotopic (exact) mass is 362 g/mol. The summed E-state index contributed by atoms with van der Waals surface area (Å²) in [6, 6.07) is 9.99. The standard InChI is InChI=1S/C17H22N4O3S/c22-17(19-9-6-14-4-2-1-3-5-14)15-7-10-21(11-8-15)25(23,24)16-12-18-13-20-16/h1-5,12-13,15H,6-11H2,(H,18,20)(H,19,22). The molecule has 7 nitrogen and oxygen atoms in total. The first-order chi connectivity index (χ1) is 12.1. The molecule has 2 heterocycles. The van der Waals surface area contributed by atoms with Gasteiger partial charge in [0.1, 0.15) is 0 Å². The van der Waals surface area contributed by atoms with Gasteiger partial charge in [0, 0.05) is 25.6 Å². The van der Waals surface area contributed by atoms with Crippen molar-refractivity contribution in [2.75, 3.05) is 19.6 Å². The number of aromatic nitrogens is 2. The number of rotatable bonds is 6. The maximum Gasteiger partial charge on any atom is 0.260 e. The Hall–Kier alpha value is -2.19. The van der Waals surface area contributed by atoms with Crippen LogP contribution in [-0.4, -0.2) is 48.2 Å². The lowest BCUT2D eigenvalue weighted by Crippen LogP contribution is -2.43. The van der Waals surface area contributed by atoms with Crippen LogP contribution in [0.5, 0.6) is 0 Å². The quantitative estimate of drug-likeness (QED) is 0.806. The Bertz CT molecular complexity index is 783. The van der Waals surface area contributed by atoms with Crippen LogP contribution in [0.3, 0.4) is 0 Å². The van der Waals surface area contributed by atoms with Crippen LogP contribution in [0.15, 0.2) is 47.9 Å². The molecule has 0 spiro atoms. The maximum atomic E-state index is 12.4. The third-order valence-corrected chi connectivity index (χ3v) is 6.30. The number of piperidine rings is 1. The highest BCUT2D eigenvalue weighted by Gasteiger charge is 2.32. The van der Waals surface area contributed by atoms with Crippen molar-refractivity contribution < 1.29 is 13.2 Å². The molecule has 134 valence electrons. The number of nitrogens with one attached hydrogen (secondary N) is 2. The van der Waals surface area contributed by atoms with E-state index in [1.807, 2.05) is 30.3 Å². The first kappa shape index (κ1) is 17.6. The average molecular weight is 362 g/mol. The van der Waals surface area contributed by atoms with E-state index >= 15 is 0 Å². The zero-order valence-electron chi connectivity index (χ0n) is 13.9. The molecule has 2 aromatic rings. The van der Waals surface area contributed by atoms with Gasteiger partial charge in [-0.1, -0.05) is 30.3 Å². The minimum absolute atomic E-state index is 0.00881. The molecule has 1 aromatic carbocycles. The van der Waals surface area contributed by atoms with Gasteiger partial charge in [-0.3, -0.25) is 4.79 Å². The molecule has 8 heteroatoms. The van der Waals surface area contributed by atoms with Crippen molar-refractivity contribution >= 4 is 15.9 Å². The molecule has 1 aromatic heterocycles. The lowest BCUT2D eigenvalue weighted by atomic mass is 9.97. The SMILES string of the molecule is O=C(NCCc1ccccc1)C1CCN(S(=O)(=O)c2cnc[nH]2)CC1. The fraction of sp³-hybridized carbons (Fsp3) is 0.412. The molecule has 0 unspecified atom stereocenters. The number of H-pyrrole nitrogens is 1. The topological polar surface area (TPSA) is 95.2 Å². The Kier molecular flexibility index (Phi) is 5.50. The van der Waals surface area contributed by atoms with Gasteiger partial charge in [0.25, 0.3) is 10.0 Å². The number of amides is 1. The number of nitrogens with zero attached hydrogens (tertiary/aromatic N) is 2. The van der Waals surface area contributed by atoms with Crippen molar-refractivity contribution in [3.8, 4) is 0 Å². The summed E-state index contributed by atoms with van der Waals surface area (Å²) in [6.07, 6.45) is 4.51. The molecule has 2 N–H and O–H groups in total. The number of imidazole rings is 1. The summed E-state index contributed by atoms with van der Waals surface area (Å²) in [4.78, 5) is 18.7. The van der Waals surface area contributed by atoms with E-state index < -0.39 is 10.0 Å². The second kappa shape index (κ2) is 7.79. The normalized spacial score (nSPS) is 16.6. The van der Waals surface area contributed by atoms with Gasteiger partial charge in [-0.05, 0) is 24.8 Å². The summed E-state index contributed by atoms with van der Waals surface area (Å²) in [6.45, 7) is 1.28. The van der Waals surface area contributed by atoms with Crippen LogP contribution in [0.1, 0.15) is 18.4 Å². The molecule has 1 amide bonds. The van der Waals surface area contributed by atoms with Crippen molar-refractivity contribution in [1.29, 1.82) is 0 Å². The van der Waals surface area contributed by atoms with Gasteiger partial charge in [0.15, 0.2) is 5.03 Å². The van der Waals surface area contributed by atoms with Crippen molar-refractivity contribution in [3.63, 3.8) is 0 Å². The largest absolute Gasteiger partial charge is 0.356 e. The molecule has 1 fully saturated rings. The summed E-state index contributed by atoms with van der Waals surface area (Å²) >= 11 is 0.